The van der Waals surface area contributed by atoms with E-state index in [-0.39, 0.29) is 18.7 Å². The van der Waals surface area contributed by atoms with Crippen molar-refractivity contribution in [2.75, 3.05) is 7.11 Å². The number of methoxy groups -OCH3 is 1. The summed E-state index contributed by atoms with van der Waals surface area (Å²) in [7, 11) is 1.29. The Balaban J connectivity index is 2.05. The Morgan fingerprint density at radius 1 is 1.22 bits per heavy atom. The van der Waals surface area contributed by atoms with E-state index in [0.717, 1.165) is 11.1 Å². The van der Waals surface area contributed by atoms with E-state index in [1.165, 1.54) is 7.11 Å². The third-order valence-electron chi connectivity index (χ3n) is 3.32. The van der Waals surface area contributed by atoms with Crippen LogP contribution in [0.1, 0.15) is 11.1 Å². The van der Waals surface area contributed by atoms with Gasteiger partial charge in [-0.3, -0.25) is 9.78 Å². The predicted octanol–water partition coefficient (Wildman–Crippen LogP) is 2.18. The molecule has 1 heterocycles. The second kappa shape index (κ2) is 8.29. The first-order valence-electron chi connectivity index (χ1n) is 7.09. The minimum Gasteiger partial charge on any atom is -0.467 e. The number of carbonyl (C=O) groups is 2. The molecule has 23 heavy (non-hydrogen) atoms. The number of halogens is 1. The Labute approximate surface area is 139 Å². The minimum absolute atomic E-state index is 0.165. The highest BCUT2D eigenvalue weighted by Gasteiger charge is 2.22. The number of rotatable bonds is 6. The molecule has 1 amide bonds. The Bertz CT molecular complexity index is 677. The van der Waals surface area contributed by atoms with Crippen molar-refractivity contribution in [2.24, 2.45) is 0 Å². The van der Waals surface area contributed by atoms with Crippen molar-refractivity contribution in [1.82, 2.24) is 10.3 Å². The number of benzene rings is 1. The maximum Gasteiger partial charge on any atom is 0.328 e. The lowest BCUT2D eigenvalue weighted by molar-refractivity contribution is -0.145. The van der Waals surface area contributed by atoms with Gasteiger partial charge in [0.25, 0.3) is 0 Å². The molecule has 1 aromatic carbocycles. The lowest BCUT2D eigenvalue weighted by Crippen LogP contribution is -2.43. The van der Waals surface area contributed by atoms with Crippen LogP contribution in [0.25, 0.3) is 0 Å². The fourth-order valence-electron chi connectivity index (χ4n) is 2.15. The molecule has 1 unspecified atom stereocenters. The average molecular weight is 333 g/mol. The highest BCUT2D eigenvalue weighted by Crippen LogP contribution is 2.17. The van der Waals surface area contributed by atoms with Crippen LogP contribution in [0.4, 0.5) is 0 Å². The Hall–Kier alpha value is -2.40. The molecule has 1 N–H and O–H groups in total. The maximum absolute atomic E-state index is 12.1. The summed E-state index contributed by atoms with van der Waals surface area (Å²) in [4.78, 5) is 28.0. The van der Waals surface area contributed by atoms with Crippen molar-refractivity contribution < 1.29 is 14.3 Å². The largest absolute Gasteiger partial charge is 0.467 e. The van der Waals surface area contributed by atoms with Crippen LogP contribution in [-0.4, -0.2) is 30.0 Å². The second-order valence-corrected chi connectivity index (χ2v) is 5.38. The van der Waals surface area contributed by atoms with E-state index in [9.17, 15) is 9.59 Å². The quantitative estimate of drug-likeness (QED) is 0.823. The van der Waals surface area contributed by atoms with E-state index in [1.54, 1.807) is 36.7 Å². The van der Waals surface area contributed by atoms with Gasteiger partial charge in [0.15, 0.2) is 0 Å². The van der Waals surface area contributed by atoms with Crippen molar-refractivity contribution in [3.63, 3.8) is 0 Å². The van der Waals surface area contributed by atoms with Crippen LogP contribution in [0.3, 0.4) is 0 Å². The van der Waals surface area contributed by atoms with Crippen molar-refractivity contribution in [2.45, 2.75) is 18.9 Å². The monoisotopic (exact) mass is 332 g/mol. The van der Waals surface area contributed by atoms with Gasteiger partial charge >= 0.3 is 5.97 Å². The normalized spacial score (nSPS) is 11.6. The number of hydrogen-bond donors (Lipinski definition) is 1. The van der Waals surface area contributed by atoms with E-state index >= 15 is 0 Å². The molecular formula is C17H17ClN2O3. The molecule has 0 radical (unpaired) electrons. The van der Waals surface area contributed by atoms with Gasteiger partial charge in [-0.15, -0.1) is 0 Å². The molecule has 0 spiro atoms. The highest BCUT2D eigenvalue weighted by molar-refractivity contribution is 6.31. The van der Waals surface area contributed by atoms with Crippen LogP contribution in [-0.2, 0) is 27.2 Å². The summed E-state index contributed by atoms with van der Waals surface area (Å²) in [6, 6.07) is 9.91. The summed E-state index contributed by atoms with van der Waals surface area (Å²) < 4.78 is 4.77. The van der Waals surface area contributed by atoms with Gasteiger partial charge in [-0.25, -0.2) is 4.79 Å². The van der Waals surface area contributed by atoms with Gasteiger partial charge in [-0.2, -0.15) is 0 Å². The molecule has 0 saturated carbocycles. The van der Waals surface area contributed by atoms with E-state index in [4.69, 9.17) is 16.3 Å². The van der Waals surface area contributed by atoms with Gasteiger partial charge in [-0.1, -0.05) is 29.8 Å². The second-order valence-electron chi connectivity index (χ2n) is 4.97. The van der Waals surface area contributed by atoms with Crippen molar-refractivity contribution in [3.05, 3.63) is 64.9 Å². The molecule has 0 bridgehead atoms. The van der Waals surface area contributed by atoms with Crippen molar-refractivity contribution >= 4 is 23.5 Å². The van der Waals surface area contributed by atoms with Crippen LogP contribution in [0.2, 0.25) is 5.02 Å². The Morgan fingerprint density at radius 3 is 2.57 bits per heavy atom. The fourth-order valence-corrected chi connectivity index (χ4v) is 2.36. The molecule has 0 aliphatic rings. The molecule has 2 rings (SSSR count). The number of carbonyl (C=O) groups excluding carboxylic acids is 2. The Kier molecular flexibility index (Phi) is 6.11. The minimum atomic E-state index is -0.783. The molecular weight excluding hydrogens is 316 g/mol. The lowest BCUT2D eigenvalue weighted by atomic mass is 10.1. The van der Waals surface area contributed by atoms with Crippen molar-refractivity contribution in [1.29, 1.82) is 0 Å². The van der Waals surface area contributed by atoms with Crippen molar-refractivity contribution in [3.8, 4) is 0 Å². The summed E-state index contributed by atoms with van der Waals surface area (Å²) in [5.41, 5.74) is 1.59. The number of ether oxygens (including phenoxy) is 1. The topological polar surface area (TPSA) is 68.3 Å². The van der Waals surface area contributed by atoms with Crippen LogP contribution in [0, 0.1) is 0 Å². The smallest absolute Gasteiger partial charge is 0.328 e. The summed E-state index contributed by atoms with van der Waals surface area (Å²) >= 11 is 6.11. The van der Waals surface area contributed by atoms with Gasteiger partial charge in [0.1, 0.15) is 6.04 Å². The number of hydrogen-bond acceptors (Lipinski definition) is 4. The van der Waals surface area contributed by atoms with Crippen LogP contribution >= 0.6 is 11.6 Å². The maximum atomic E-state index is 12.1. The van der Waals surface area contributed by atoms with Gasteiger partial charge in [-0.05, 0) is 29.3 Å². The third-order valence-corrected chi connectivity index (χ3v) is 3.69. The van der Waals surface area contributed by atoms with E-state index in [0.29, 0.717) is 5.02 Å². The number of pyridine rings is 1. The predicted molar refractivity (Wildman–Crippen MR) is 87.0 cm³/mol. The molecule has 5 nitrogen and oxygen atoms in total. The molecule has 1 aromatic heterocycles. The van der Waals surface area contributed by atoms with E-state index in [1.807, 2.05) is 12.1 Å². The Morgan fingerprint density at radius 2 is 1.91 bits per heavy atom. The SMILES string of the molecule is COC(=O)C(Cc1ccccc1Cl)NC(=O)Cc1ccncc1. The molecule has 6 heteroatoms. The van der Waals surface area contributed by atoms with Gasteiger partial charge in [0.2, 0.25) is 5.91 Å². The van der Waals surface area contributed by atoms with Crippen LogP contribution in [0.5, 0.6) is 0 Å². The highest BCUT2D eigenvalue weighted by atomic mass is 35.5. The van der Waals surface area contributed by atoms with Gasteiger partial charge < -0.3 is 10.1 Å². The zero-order valence-electron chi connectivity index (χ0n) is 12.7. The molecule has 0 aliphatic carbocycles. The number of aromatic nitrogens is 1. The van der Waals surface area contributed by atoms with Gasteiger partial charge in [0, 0.05) is 23.8 Å². The van der Waals surface area contributed by atoms with Gasteiger partial charge in [0.05, 0.1) is 13.5 Å². The van der Waals surface area contributed by atoms with E-state index in [2.05, 4.69) is 10.3 Å². The van der Waals surface area contributed by atoms with E-state index < -0.39 is 12.0 Å². The summed E-state index contributed by atoms with van der Waals surface area (Å²) in [6.45, 7) is 0. The lowest BCUT2D eigenvalue weighted by Gasteiger charge is -2.17. The number of nitrogens with zero attached hydrogens (tertiary/aromatic N) is 1. The first-order chi connectivity index (χ1) is 11.1. The zero-order chi connectivity index (χ0) is 16.7. The van der Waals surface area contributed by atoms with Crippen LogP contribution < -0.4 is 5.32 Å². The molecule has 120 valence electrons. The average Bonchev–Trinajstić information content (AvgIpc) is 2.56. The molecule has 2 aromatic rings. The number of esters is 1. The third kappa shape index (κ3) is 5.07. The number of amides is 1. The summed E-state index contributed by atoms with van der Waals surface area (Å²) in [5.74, 6) is -0.772. The molecule has 0 saturated heterocycles. The standard InChI is InChI=1S/C17H17ClN2O3/c1-23-17(22)15(11-13-4-2-3-5-14(13)18)20-16(21)10-12-6-8-19-9-7-12/h2-9,15H,10-11H2,1H3,(H,20,21). The molecule has 0 fully saturated rings. The first-order valence-corrected chi connectivity index (χ1v) is 7.47. The first kappa shape index (κ1) is 17.0. The number of nitrogens with one attached hydrogen (secondary N) is 1. The van der Waals surface area contributed by atoms with Crippen LogP contribution in [0.15, 0.2) is 48.8 Å². The molecule has 0 aliphatic heterocycles. The fraction of sp³-hybridized carbons (Fsp3) is 0.235. The summed E-state index contributed by atoms with van der Waals surface area (Å²) in [6.07, 6.45) is 3.67. The molecule has 1 atom stereocenters. The summed E-state index contributed by atoms with van der Waals surface area (Å²) in [5, 5.41) is 3.25. The zero-order valence-corrected chi connectivity index (χ0v) is 13.4.